The third-order valence-electron chi connectivity index (χ3n) is 1.50. The van der Waals surface area contributed by atoms with Crippen LogP contribution in [0.2, 0.25) is 0 Å². The second-order valence-corrected chi connectivity index (χ2v) is 2.39. The third-order valence-corrected chi connectivity index (χ3v) is 1.50. The molecule has 1 aromatic carbocycles. The molecule has 0 atom stereocenters. The molecule has 0 fully saturated rings. The topological polar surface area (TPSA) is 44.5 Å². The average Bonchev–Trinajstić information content (AvgIpc) is 2.20. The van der Waals surface area contributed by atoms with Crippen molar-refractivity contribution < 1.29 is 9.47 Å². The first-order valence-electron chi connectivity index (χ1n) is 4.03. The molecule has 74 valence electrons. The van der Waals surface area contributed by atoms with Gasteiger partial charge in [-0.25, -0.2) is 0 Å². The lowest BCUT2D eigenvalue weighted by molar-refractivity contribution is 0.394. The van der Waals surface area contributed by atoms with Crippen LogP contribution >= 0.6 is 0 Å². The summed E-state index contributed by atoms with van der Waals surface area (Å²) in [6.07, 6.45) is 0. The van der Waals surface area contributed by atoms with E-state index in [9.17, 15) is 0 Å². The maximum Gasteiger partial charge on any atom is 0.122 e. The lowest BCUT2D eigenvalue weighted by Crippen LogP contribution is -1.87. The quantitative estimate of drug-likeness (QED) is 0.757. The molecule has 0 aliphatic carbocycles. The molecule has 1 aromatic rings. The van der Waals surface area contributed by atoms with E-state index in [2.05, 4.69) is 5.73 Å². The molecule has 0 bridgehead atoms. The summed E-state index contributed by atoms with van der Waals surface area (Å²) in [5, 5.41) is 0. The Labute approximate surface area is 79.5 Å². The molecule has 3 heteroatoms. The van der Waals surface area contributed by atoms with Crippen LogP contribution < -0.4 is 15.2 Å². The number of hydrogen-bond acceptors (Lipinski definition) is 3. The fourth-order valence-corrected chi connectivity index (χ4v) is 0.950. The van der Waals surface area contributed by atoms with Crippen molar-refractivity contribution in [2.75, 3.05) is 21.3 Å². The number of methoxy groups -OCH3 is 2. The average molecular weight is 183 g/mol. The molecule has 0 unspecified atom stereocenters. The van der Waals surface area contributed by atoms with Gasteiger partial charge >= 0.3 is 0 Å². The van der Waals surface area contributed by atoms with E-state index in [1.54, 1.807) is 14.2 Å². The van der Waals surface area contributed by atoms with Gasteiger partial charge in [0.05, 0.1) is 14.2 Å². The first-order valence-corrected chi connectivity index (χ1v) is 4.03. The molecule has 0 amide bonds. The SMILES string of the molecule is CN.COc1cc(C)cc(OC)c1. The van der Waals surface area contributed by atoms with Crippen LogP contribution in [0.4, 0.5) is 0 Å². The van der Waals surface area contributed by atoms with E-state index < -0.39 is 0 Å². The first-order chi connectivity index (χ1) is 6.26. The molecular formula is C10H17NO2. The lowest BCUT2D eigenvalue weighted by Gasteiger charge is -2.04. The summed E-state index contributed by atoms with van der Waals surface area (Å²) in [6, 6.07) is 5.78. The van der Waals surface area contributed by atoms with Crippen molar-refractivity contribution in [1.29, 1.82) is 0 Å². The predicted octanol–water partition coefficient (Wildman–Crippen LogP) is 1.59. The van der Waals surface area contributed by atoms with Crippen LogP contribution in [0, 0.1) is 6.92 Å². The first kappa shape index (κ1) is 11.8. The standard InChI is InChI=1S/C9H12O2.CH5N/c1-7-4-8(10-2)6-9(5-7)11-3;1-2/h4-6H,1-3H3;2H2,1H3. The van der Waals surface area contributed by atoms with E-state index in [1.165, 1.54) is 7.05 Å². The minimum atomic E-state index is 0.835. The number of ether oxygens (including phenoxy) is 2. The van der Waals surface area contributed by atoms with Crippen LogP contribution in [-0.4, -0.2) is 21.3 Å². The van der Waals surface area contributed by atoms with Crippen molar-refractivity contribution in [2.24, 2.45) is 5.73 Å². The maximum atomic E-state index is 5.06. The highest BCUT2D eigenvalue weighted by Crippen LogP contribution is 2.21. The second kappa shape index (κ2) is 6.31. The fraction of sp³-hybridized carbons (Fsp3) is 0.400. The molecule has 0 aliphatic rings. The van der Waals surface area contributed by atoms with E-state index in [4.69, 9.17) is 9.47 Å². The van der Waals surface area contributed by atoms with Gasteiger partial charge in [0.2, 0.25) is 0 Å². The van der Waals surface area contributed by atoms with E-state index in [-0.39, 0.29) is 0 Å². The Kier molecular flexibility index (Phi) is 5.72. The van der Waals surface area contributed by atoms with Gasteiger partial charge in [0.1, 0.15) is 11.5 Å². The van der Waals surface area contributed by atoms with E-state index in [0.717, 1.165) is 17.1 Å². The zero-order valence-corrected chi connectivity index (χ0v) is 8.63. The van der Waals surface area contributed by atoms with Gasteiger partial charge in [-0.2, -0.15) is 0 Å². The van der Waals surface area contributed by atoms with Crippen molar-refractivity contribution in [3.05, 3.63) is 23.8 Å². The van der Waals surface area contributed by atoms with Crippen LogP contribution in [0.3, 0.4) is 0 Å². The fourth-order valence-electron chi connectivity index (χ4n) is 0.950. The minimum absolute atomic E-state index is 0.835. The molecule has 0 spiro atoms. The number of benzene rings is 1. The Balaban J connectivity index is 0.000000671. The molecular weight excluding hydrogens is 166 g/mol. The zero-order chi connectivity index (χ0) is 10.3. The Morgan fingerprint density at radius 3 is 1.62 bits per heavy atom. The lowest BCUT2D eigenvalue weighted by atomic mass is 10.2. The molecule has 13 heavy (non-hydrogen) atoms. The molecule has 0 aliphatic heterocycles. The summed E-state index contributed by atoms with van der Waals surface area (Å²) in [7, 11) is 4.79. The predicted molar refractivity (Wildman–Crippen MR) is 54.4 cm³/mol. The Hall–Kier alpha value is -1.22. The molecule has 2 N–H and O–H groups in total. The Morgan fingerprint density at radius 2 is 1.31 bits per heavy atom. The van der Waals surface area contributed by atoms with Gasteiger partial charge in [0, 0.05) is 6.07 Å². The highest BCUT2D eigenvalue weighted by atomic mass is 16.5. The van der Waals surface area contributed by atoms with Gasteiger partial charge < -0.3 is 15.2 Å². The van der Waals surface area contributed by atoms with Gasteiger partial charge in [0.25, 0.3) is 0 Å². The van der Waals surface area contributed by atoms with Crippen LogP contribution in [0.25, 0.3) is 0 Å². The summed E-state index contributed by atoms with van der Waals surface area (Å²) >= 11 is 0. The number of nitrogens with two attached hydrogens (primary N) is 1. The van der Waals surface area contributed by atoms with Gasteiger partial charge in [0.15, 0.2) is 0 Å². The van der Waals surface area contributed by atoms with E-state index >= 15 is 0 Å². The number of rotatable bonds is 2. The van der Waals surface area contributed by atoms with Crippen LogP contribution in [0.5, 0.6) is 11.5 Å². The molecule has 0 saturated carbocycles. The van der Waals surface area contributed by atoms with Gasteiger partial charge in [-0.05, 0) is 31.7 Å². The summed E-state index contributed by atoms with van der Waals surface area (Å²) in [5.41, 5.74) is 5.64. The zero-order valence-electron chi connectivity index (χ0n) is 8.63. The van der Waals surface area contributed by atoms with Gasteiger partial charge in [-0.3, -0.25) is 0 Å². The van der Waals surface area contributed by atoms with Crippen molar-refractivity contribution in [3.63, 3.8) is 0 Å². The van der Waals surface area contributed by atoms with Crippen LogP contribution in [-0.2, 0) is 0 Å². The summed E-state index contributed by atoms with van der Waals surface area (Å²) in [4.78, 5) is 0. The van der Waals surface area contributed by atoms with E-state index in [0.29, 0.717) is 0 Å². The number of aryl methyl sites for hydroxylation is 1. The highest BCUT2D eigenvalue weighted by molar-refractivity contribution is 5.37. The molecule has 1 rings (SSSR count). The van der Waals surface area contributed by atoms with Crippen LogP contribution in [0.1, 0.15) is 5.56 Å². The third kappa shape index (κ3) is 3.80. The normalized spacial score (nSPS) is 8.38. The largest absolute Gasteiger partial charge is 0.497 e. The van der Waals surface area contributed by atoms with Crippen molar-refractivity contribution in [3.8, 4) is 11.5 Å². The van der Waals surface area contributed by atoms with Crippen molar-refractivity contribution >= 4 is 0 Å². The van der Waals surface area contributed by atoms with E-state index in [1.807, 2.05) is 25.1 Å². The van der Waals surface area contributed by atoms with Crippen LogP contribution in [0.15, 0.2) is 18.2 Å². The second-order valence-electron chi connectivity index (χ2n) is 2.39. The molecule has 0 heterocycles. The smallest absolute Gasteiger partial charge is 0.122 e. The molecule has 0 aromatic heterocycles. The van der Waals surface area contributed by atoms with Gasteiger partial charge in [-0.15, -0.1) is 0 Å². The molecule has 0 radical (unpaired) electrons. The molecule has 0 saturated heterocycles. The highest BCUT2D eigenvalue weighted by Gasteiger charge is 1.96. The van der Waals surface area contributed by atoms with Gasteiger partial charge in [-0.1, -0.05) is 0 Å². The number of hydrogen-bond donors (Lipinski definition) is 1. The van der Waals surface area contributed by atoms with Crippen molar-refractivity contribution in [1.82, 2.24) is 0 Å². The minimum Gasteiger partial charge on any atom is -0.497 e. The Morgan fingerprint density at radius 1 is 0.923 bits per heavy atom. The monoisotopic (exact) mass is 183 g/mol. The Bertz CT molecular complexity index is 226. The van der Waals surface area contributed by atoms with Crippen molar-refractivity contribution in [2.45, 2.75) is 6.92 Å². The summed E-state index contributed by atoms with van der Waals surface area (Å²) < 4.78 is 10.1. The maximum absolute atomic E-state index is 5.06. The summed E-state index contributed by atoms with van der Waals surface area (Å²) in [6.45, 7) is 2.00. The molecule has 3 nitrogen and oxygen atoms in total. The summed E-state index contributed by atoms with van der Waals surface area (Å²) in [5.74, 6) is 1.67.